The standard InChI is InChI=1S/C33H48BrN2/c1-23(2)28-16-13-17-29(24(3)4)32(28)35-21-27(15-11-9-10-12-20-34)36(22-35)33-30(25(5)6)18-14-19-31(33)26(7)8/h13-14,16-19,21-26H,9-12,15,20H2,1-8H3/q+1. The third-order valence-corrected chi connectivity index (χ3v) is 7.90. The fourth-order valence-corrected chi connectivity index (χ4v) is 5.71. The number of aryl methyl sites for hydroxylation is 1. The molecule has 0 N–H and O–H groups in total. The lowest BCUT2D eigenvalue weighted by molar-refractivity contribution is -0.596. The fourth-order valence-electron chi connectivity index (χ4n) is 5.32. The number of hydrogen-bond acceptors (Lipinski definition) is 0. The van der Waals surface area contributed by atoms with Crippen LogP contribution < -0.4 is 4.57 Å². The predicted octanol–water partition coefficient (Wildman–Crippen LogP) is 9.75. The highest BCUT2D eigenvalue weighted by molar-refractivity contribution is 9.09. The second-order valence-corrected chi connectivity index (χ2v) is 12.3. The van der Waals surface area contributed by atoms with Crippen LogP contribution in [-0.4, -0.2) is 9.90 Å². The maximum Gasteiger partial charge on any atom is 0.254 e. The van der Waals surface area contributed by atoms with Crippen molar-refractivity contribution < 1.29 is 4.57 Å². The van der Waals surface area contributed by atoms with Crippen LogP contribution in [0.2, 0.25) is 0 Å². The van der Waals surface area contributed by atoms with Gasteiger partial charge in [0, 0.05) is 34.0 Å². The highest BCUT2D eigenvalue weighted by atomic mass is 79.9. The van der Waals surface area contributed by atoms with Gasteiger partial charge < -0.3 is 0 Å². The summed E-state index contributed by atoms with van der Waals surface area (Å²) in [6.45, 7) is 18.6. The van der Waals surface area contributed by atoms with Gasteiger partial charge in [-0.1, -0.05) is 121 Å². The molecular weight excluding hydrogens is 504 g/mol. The number of benzene rings is 2. The molecule has 2 nitrogen and oxygen atoms in total. The molecule has 0 saturated heterocycles. The molecule has 0 amide bonds. The molecule has 0 fully saturated rings. The first-order valence-corrected chi connectivity index (χ1v) is 15.2. The highest BCUT2D eigenvalue weighted by Crippen LogP contribution is 2.33. The molecule has 0 aliphatic rings. The van der Waals surface area contributed by atoms with Crippen molar-refractivity contribution in [3.63, 3.8) is 0 Å². The van der Waals surface area contributed by atoms with Gasteiger partial charge in [-0.25, -0.2) is 4.57 Å². The van der Waals surface area contributed by atoms with Gasteiger partial charge in [0.05, 0.1) is 0 Å². The highest BCUT2D eigenvalue weighted by Gasteiger charge is 2.27. The van der Waals surface area contributed by atoms with Gasteiger partial charge in [0.25, 0.3) is 6.33 Å². The SMILES string of the molecule is CC(C)c1cccc(C(C)C)c1-n1c[n+](-c2c(C(C)C)cccc2C(C)C)cc1CCCCCCBr. The number of unbranched alkanes of at least 4 members (excludes halogenated alkanes) is 3. The van der Waals surface area contributed by atoms with E-state index in [4.69, 9.17) is 0 Å². The van der Waals surface area contributed by atoms with Crippen molar-refractivity contribution in [1.29, 1.82) is 0 Å². The predicted molar refractivity (Wildman–Crippen MR) is 160 cm³/mol. The zero-order chi connectivity index (χ0) is 26.4. The first kappa shape index (κ1) is 28.7. The number of imidazole rings is 1. The minimum atomic E-state index is 0.468. The molecule has 0 atom stereocenters. The molecule has 0 spiro atoms. The second kappa shape index (κ2) is 13.1. The van der Waals surface area contributed by atoms with Crippen molar-refractivity contribution in [3.05, 3.63) is 76.9 Å². The van der Waals surface area contributed by atoms with Crippen LogP contribution in [0.5, 0.6) is 0 Å². The fraction of sp³-hybridized carbons (Fsp3) is 0.545. The first-order valence-electron chi connectivity index (χ1n) is 14.1. The van der Waals surface area contributed by atoms with Gasteiger partial charge in [-0.05, 0) is 36.5 Å². The quantitative estimate of drug-likeness (QED) is 0.120. The monoisotopic (exact) mass is 551 g/mol. The van der Waals surface area contributed by atoms with Crippen molar-refractivity contribution in [1.82, 2.24) is 4.57 Å². The zero-order valence-corrected chi connectivity index (χ0v) is 25.5. The number of hydrogen-bond donors (Lipinski definition) is 0. The minimum Gasteiger partial charge on any atom is -0.201 e. The molecule has 0 unspecified atom stereocenters. The van der Waals surface area contributed by atoms with Crippen LogP contribution in [0.4, 0.5) is 0 Å². The number of halogens is 1. The van der Waals surface area contributed by atoms with E-state index < -0.39 is 0 Å². The molecule has 0 aliphatic heterocycles. The van der Waals surface area contributed by atoms with E-state index in [1.54, 1.807) is 0 Å². The van der Waals surface area contributed by atoms with Crippen molar-refractivity contribution in [2.24, 2.45) is 0 Å². The molecule has 196 valence electrons. The Morgan fingerprint density at radius 1 is 0.667 bits per heavy atom. The Balaban J connectivity index is 2.25. The molecule has 3 aromatic rings. The second-order valence-electron chi connectivity index (χ2n) is 11.6. The van der Waals surface area contributed by atoms with Crippen LogP contribution in [-0.2, 0) is 6.42 Å². The van der Waals surface area contributed by atoms with Crippen molar-refractivity contribution in [2.75, 3.05) is 5.33 Å². The van der Waals surface area contributed by atoms with Crippen molar-refractivity contribution >= 4 is 15.9 Å². The number of aromatic nitrogens is 2. The van der Waals surface area contributed by atoms with Gasteiger partial charge >= 0.3 is 0 Å². The lowest BCUT2D eigenvalue weighted by Gasteiger charge is -2.18. The van der Waals surface area contributed by atoms with Crippen LogP contribution >= 0.6 is 15.9 Å². The van der Waals surface area contributed by atoms with Gasteiger partial charge in [0.2, 0.25) is 0 Å². The summed E-state index contributed by atoms with van der Waals surface area (Å²) in [7, 11) is 0. The van der Waals surface area contributed by atoms with Gasteiger partial charge in [-0.15, -0.1) is 0 Å². The Hall–Kier alpha value is -1.87. The summed E-state index contributed by atoms with van der Waals surface area (Å²) in [4.78, 5) is 0. The summed E-state index contributed by atoms with van der Waals surface area (Å²) in [5.74, 6) is 1.87. The normalized spacial score (nSPS) is 12.0. The molecule has 3 rings (SSSR count). The summed E-state index contributed by atoms with van der Waals surface area (Å²) >= 11 is 3.59. The summed E-state index contributed by atoms with van der Waals surface area (Å²) in [6, 6.07) is 13.8. The van der Waals surface area contributed by atoms with Crippen LogP contribution in [0.15, 0.2) is 48.9 Å². The first-order chi connectivity index (χ1) is 17.2. The lowest BCUT2D eigenvalue weighted by Crippen LogP contribution is -2.32. The molecule has 2 aromatic carbocycles. The Morgan fingerprint density at radius 3 is 1.61 bits per heavy atom. The van der Waals surface area contributed by atoms with E-state index in [1.807, 2.05) is 0 Å². The molecule has 0 aliphatic carbocycles. The van der Waals surface area contributed by atoms with Crippen molar-refractivity contribution in [2.45, 2.75) is 111 Å². The maximum absolute atomic E-state index is 3.59. The Kier molecular flexibility index (Phi) is 10.4. The minimum absolute atomic E-state index is 0.468. The Bertz CT molecular complexity index is 1070. The molecule has 0 saturated carbocycles. The Labute approximate surface area is 229 Å². The zero-order valence-electron chi connectivity index (χ0n) is 23.9. The van der Waals surface area contributed by atoms with E-state index >= 15 is 0 Å². The Morgan fingerprint density at radius 2 is 1.14 bits per heavy atom. The van der Waals surface area contributed by atoms with Crippen LogP contribution in [0.1, 0.15) is 133 Å². The van der Waals surface area contributed by atoms with E-state index in [-0.39, 0.29) is 0 Å². The van der Waals surface area contributed by atoms with E-state index in [1.165, 1.54) is 65.0 Å². The maximum atomic E-state index is 3.59. The smallest absolute Gasteiger partial charge is 0.201 e. The van der Waals surface area contributed by atoms with Crippen LogP contribution in [0.25, 0.3) is 11.4 Å². The largest absolute Gasteiger partial charge is 0.254 e. The van der Waals surface area contributed by atoms with E-state index in [2.05, 4.69) is 129 Å². The number of alkyl halides is 1. The lowest BCUT2D eigenvalue weighted by atomic mass is 9.92. The van der Waals surface area contributed by atoms with E-state index in [9.17, 15) is 0 Å². The van der Waals surface area contributed by atoms with Gasteiger partial charge in [-0.3, -0.25) is 0 Å². The molecule has 0 bridgehead atoms. The average molecular weight is 553 g/mol. The topological polar surface area (TPSA) is 8.81 Å². The van der Waals surface area contributed by atoms with Crippen molar-refractivity contribution in [3.8, 4) is 11.4 Å². The van der Waals surface area contributed by atoms with Gasteiger partial charge in [-0.2, -0.15) is 4.57 Å². The molecule has 1 heterocycles. The summed E-state index contributed by atoms with van der Waals surface area (Å²) < 4.78 is 4.98. The van der Waals surface area contributed by atoms with E-state index in [0.29, 0.717) is 23.7 Å². The number of rotatable bonds is 12. The number of nitrogens with zero attached hydrogens (tertiary/aromatic N) is 2. The molecule has 36 heavy (non-hydrogen) atoms. The summed E-state index contributed by atoms with van der Waals surface area (Å²) in [6.07, 6.45) is 11.0. The third-order valence-electron chi connectivity index (χ3n) is 7.34. The molecule has 1 aromatic heterocycles. The average Bonchev–Trinajstić information content (AvgIpc) is 3.26. The van der Waals surface area contributed by atoms with Crippen LogP contribution in [0, 0.1) is 0 Å². The number of para-hydroxylation sites is 2. The molecule has 3 heteroatoms. The van der Waals surface area contributed by atoms with Gasteiger partial charge in [0.1, 0.15) is 23.3 Å². The van der Waals surface area contributed by atoms with Gasteiger partial charge in [0.15, 0.2) is 0 Å². The third kappa shape index (κ3) is 6.52. The molecule has 0 radical (unpaired) electrons. The molecular formula is C33H48BrN2+. The summed E-state index contributed by atoms with van der Waals surface area (Å²) in [5, 5.41) is 1.10. The summed E-state index contributed by atoms with van der Waals surface area (Å²) in [5.41, 5.74) is 9.90. The van der Waals surface area contributed by atoms with E-state index in [0.717, 1.165) is 11.8 Å². The van der Waals surface area contributed by atoms with Crippen LogP contribution in [0.3, 0.4) is 0 Å².